The number of piperidine rings is 1. The van der Waals surface area contributed by atoms with Crippen LogP contribution in [0.25, 0.3) is 0 Å². The predicted octanol–water partition coefficient (Wildman–Crippen LogP) is 4.20. The van der Waals surface area contributed by atoms with Gasteiger partial charge in [-0.1, -0.05) is 42.0 Å². The molecule has 1 amide bonds. The van der Waals surface area contributed by atoms with Crippen LogP contribution >= 0.6 is 0 Å². The summed E-state index contributed by atoms with van der Waals surface area (Å²) >= 11 is 0. The summed E-state index contributed by atoms with van der Waals surface area (Å²) in [6, 6.07) is 18.0. The minimum Gasteiger partial charge on any atom is -0.497 e. The van der Waals surface area contributed by atoms with E-state index < -0.39 is 0 Å². The first-order chi connectivity index (χ1) is 14.0. The lowest BCUT2D eigenvalue weighted by atomic mass is 9.95. The summed E-state index contributed by atoms with van der Waals surface area (Å²) in [5, 5.41) is 0. The maximum absolute atomic E-state index is 13.4. The molecule has 2 atom stereocenters. The molecule has 4 heteroatoms. The van der Waals surface area contributed by atoms with Crippen LogP contribution in [0.15, 0.2) is 48.5 Å². The molecule has 0 spiro atoms. The van der Waals surface area contributed by atoms with Gasteiger partial charge in [0.2, 0.25) is 5.91 Å². The van der Waals surface area contributed by atoms with E-state index in [0.29, 0.717) is 31.1 Å². The Labute approximate surface area is 174 Å². The zero-order chi connectivity index (χ0) is 20.4. The van der Waals surface area contributed by atoms with E-state index >= 15 is 0 Å². The fourth-order valence-corrected chi connectivity index (χ4v) is 4.97. The first-order valence-corrected chi connectivity index (χ1v) is 10.7. The van der Waals surface area contributed by atoms with Gasteiger partial charge in [0.25, 0.3) is 0 Å². The summed E-state index contributed by atoms with van der Waals surface area (Å²) in [5.41, 5.74) is 3.51. The van der Waals surface area contributed by atoms with Crippen molar-refractivity contribution in [1.29, 1.82) is 0 Å². The number of hydrogen-bond acceptors (Lipinski definition) is 3. The van der Waals surface area contributed by atoms with E-state index in [1.54, 1.807) is 7.11 Å². The Hall–Kier alpha value is -2.33. The normalized spacial score (nSPS) is 23.8. The van der Waals surface area contributed by atoms with Gasteiger partial charge in [-0.25, -0.2) is 0 Å². The van der Waals surface area contributed by atoms with Gasteiger partial charge in [-0.3, -0.25) is 4.79 Å². The molecule has 4 rings (SSSR count). The van der Waals surface area contributed by atoms with Gasteiger partial charge in [-0.05, 0) is 62.9 Å². The summed E-state index contributed by atoms with van der Waals surface area (Å²) in [6.45, 7) is 2.80. The average molecular weight is 393 g/mol. The number of fused-ring (bicyclic) bond motifs is 2. The van der Waals surface area contributed by atoms with E-state index in [0.717, 1.165) is 24.2 Å². The van der Waals surface area contributed by atoms with Gasteiger partial charge in [-0.15, -0.1) is 0 Å². The third kappa shape index (κ3) is 4.48. The van der Waals surface area contributed by atoms with E-state index in [4.69, 9.17) is 4.74 Å². The lowest BCUT2D eigenvalue weighted by Crippen LogP contribution is -2.50. The van der Waals surface area contributed by atoms with Crippen LogP contribution in [0.2, 0.25) is 0 Å². The molecule has 0 N–H and O–H groups in total. The van der Waals surface area contributed by atoms with Crippen LogP contribution in [0.5, 0.6) is 5.75 Å². The molecule has 2 aromatic carbocycles. The third-order valence-electron chi connectivity index (χ3n) is 6.82. The molecule has 0 aromatic heterocycles. The van der Waals surface area contributed by atoms with Crippen molar-refractivity contribution in [2.24, 2.45) is 0 Å². The number of amides is 1. The maximum Gasteiger partial charge on any atom is 0.227 e. The van der Waals surface area contributed by atoms with Gasteiger partial charge < -0.3 is 14.5 Å². The van der Waals surface area contributed by atoms with E-state index in [2.05, 4.69) is 48.0 Å². The molecule has 2 aliphatic heterocycles. The molecule has 0 radical (unpaired) electrons. The minimum absolute atomic E-state index is 0.227. The summed E-state index contributed by atoms with van der Waals surface area (Å²) < 4.78 is 5.25. The first-order valence-electron chi connectivity index (χ1n) is 10.7. The second kappa shape index (κ2) is 8.58. The molecule has 4 nitrogen and oxygen atoms in total. The largest absolute Gasteiger partial charge is 0.497 e. The van der Waals surface area contributed by atoms with Gasteiger partial charge >= 0.3 is 0 Å². The molecule has 154 valence electrons. The van der Waals surface area contributed by atoms with Crippen LogP contribution < -0.4 is 4.74 Å². The van der Waals surface area contributed by atoms with Gasteiger partial charge in [0.1, 0.15) is 5.75 Å². The van der Waals surface area contributed by atoms with Crippen LogP contribution in [-0.2, 0) is 17.8 Å². The molecule has 2 heterocycles. The number of benzene rings is 2. The molecule has 2 saturated heterocycles. The number of ether oxygens (including phenoxy) is 1. The number of hydrogen-bond donors (Lipinski definition) is 0. The molecule has 0 aliphatic carbocycles. The maximum atomic E-state index is 13.4. The van der Waals surface area contributed by atoms with Crippen molar-refractivity contribution in [3.05, 3.63) is 65.2 Å². The molecular formula is C25H32N2O2. The summed E-state index contributed by atoms with van der Waals surface area (Å²) in [7, 11) is 3.92. The lowest BCUT2D eigenvalue weighted by molar-refractivity contribution is -0.135. The summed E-state index contributed by atoms with van der Waals surface area (Å²) in [5.74, 6) is 1.05. The quantitative estimate of drug-likeness (QED) is 0.739. The number of methoxy groups -OCH3 is 1. The van der Waals surface area contributed by atoms with Crippen LogP contribution in [0.1, 0.15) is 42.4 Å². The zero-order valence-electron chi connectivity index (χ0n) is 17.8. The number of aryl methyl sites for hydroxylation is 1. The second-order valence-corrected chi connectivity index (χ2v) is 8.71. The second-order valence-electron chi connectivity index (χ2n) is 8.71. The summed E-state index contributed by atoms with van der Waals surface area (Å²) in [4.78, 5) is 18.1. The van der Waals surface area contributed by atoms with Crippen LogP contribution in [0, 0.1) is 6.92 Å². The van der Waals surface area contributed by atoms with Crippen LogP contribution in [0.3, 0.4) is 0 Å². The zero-order valence-corrected chi connectivity index (χ0v) is 17.8. The molecule has 0 saturated carbocycles. The first kappa shape index (κ1) is 20.0. The molecule has 2 aromatic rings. The van der Waals surface area contributed by atoms with Gasteiger partial charge in [0.15, 0.2) is 0 Å². The monoisotopic (exact) mass is 392 g/mol. The number of carbonyl (C=O) groups excluding carboxylic acids is 1. The Bertz CT molecular complexity index is 817. The van der Waals surface area contributed by atoms with Crippen LogP contribution in [-0.4, -0.2) is 48.0 Å². The highest BCUT2D eigenvalue weighted by Crippen LogP contribution is 2.37. The van der Waals surface area contributed by atoms with Crippen molar-refractivity contribution in [2.45, 2.75) is 63.7 Å². The van der Waals surface area contributed by atoms with Crippen molar-refractivity contribution in [3.63, 3.8) is 0 Å². The van der Waals surface area contributed by atoms with Crippen molar-refractivity contribution < 1.29 is 9.53 Å². The summed E-state index contributed by atoms with van der Waals surface area (Å²) in [6.07, 6.45) is 5.16. The Morgan fingerprint density at radius 2 is 1.59 bits per heavy atom. The molecule has 2 fully saturated rings. The smallest absolute Gasteiger partial charge is 0.227 e. The molecule has 2 bridgehead atoms. The number of nitrogens with zero attached hydrogens (tertiary/aromatic N) is 2. The van der Waals surface area contributed by atoms with Gasteiger partial charge in [-0.2, -0.15) is 0 Å². The van der Waals surface area contributed by atoms with E-state index in [1.165, 1.54) is 24.0 Å². The topological polar surface area (TPSA) is 32.8 Å². The molecular weight excluding hydrogens is 360 g/mol. The number of carbonyl (C=O) groups is 1. The van der Waals surface area contributed by atoms with Crippen molar-refractivity contribution in [1.82, 2.24) is 9.80 Å². The fraction of sp³-hybridized carbons (Fsp3) is 0.480. The molecule has 2 unspecified atom stereocenters. The van der Waals surface area contributed by atoms with Crippen molar-refractivity contribution in [2.75, 3.05) is 14.2 Å². The van der Waals surface area contributed by atoms with Crippen LogP contribution in [0.4, 0.5) is 0 Å². The Morgan fingerprint density at radius 1 is 1.00 bits per heavy atom. The van der Waals surface area contributed by atoms with Gasteiger partial charge in [0, 0.05) is 24.7 Å². The van der Waals surface area contributed by atoms with Crippen molar-refractivity contribution >= 4 is 5.91 Å². The SMILES string of the molecule is COc1ccc(CC(=O)N(Cc2ccc(C)cc2)C2CC3CCC(C2)N3C)cc1. The van der Waals surface area contributed by atoms with E-state index in [-0.39, 0.29) is 5.91 Å². The van der Waals surface area contributed by atoms with Gasteiger partial charge in [0.05, 0.1) is 13.5 Å². The van der Waals surface area contributed by atoms with Crippen molar-refractivity contribution in [3.8, 4) is 5.75 Å². The highest BCUT2D eigenvalue weighted by molar-refractivity contribution is 5.79. The third-order valence-corrected chi connectivity index (χ3v) is 6.82. The van der Waals surface area contributed by atoms with E-state index in [1.807, 2.05) is 24.3 Å². The average Bonchev–Trinajstić information content (AvgIpc) is 2.93. The van der Waals surface area contributed by atoms with E-state index in [9.17, 15) is 4.79 Å². The molecule has 29 heavy (non-hydrogen) atoms. The Balaban J connectivity index is 1.53. The highest BCUT2D eigenvalue weighted by atomic mass is 16.5. The fourth-order valence-electron chi connectivity index (χ4n) is 4.97. The standard InChI is InChI=1S/C25H32N2O2/c1-18-4-6-20(7-5-18)17-27(23-15-21-10-11-22(16-23)26(21)2)25(28)14-19-8-12-24(29-3)13-9-19/h4-9,12-13,21-23H,10-11,14-17H2,1-3H3. The Morgan fingerprint density at radius 3 is 2.17 bits per heavy atom. The number of rotatable bonds is 6. The molecule has 2 aliphatic rings. The highest BCUT2D eigenvalue weighted by Gasteiger charge is 2.41. The lowest BCUT2D eigenvalue weighted by Gasteiger charge is -2.42. The Kier molecular flexibility index (Phi) is 5.91. The predicted molar refractivity (Wildman–Crippen MR) is 116 cm³/mol. The minimum atomic E-state index is 0.227.